The van der Waals surface area contributed by atoms with Crippen LogP contribution in [0.25, 0.3) is 5.69 Å². The number of aryl methyl sites for hydroxylation is 1. The molecule has 3 aromatic rings. The lowest BCUT2D eigenvalue weighted by Gasteiger charge is -2.31. The first-order valence-electron chi connectivity index (χ1n) is 10.7. The topological polar surface area (TPSA) is 54.3 Å². The number of hydrogen-bond acceptors (Lipinski definition) is 2. The van der Waals surface area contributed by atoms with Crippen LogP contribution in [0.15, 0.2) is 73.1 Å². The van der Waals surface area contributed by atoms with Crippen LogP contribution in [0.3, 0.4) is 0 Å². The summed E-state index contributed by atoms with van der Waals surface area (Å²) in [6.45, 7) is 1.11. The molecular weight excluding hydrogens is 393 g/mol. The normalized spacial score (nSPS) is 14.4. The molecule has 31 heavy (non-hydrogen) atoms. The molecule has 0 radical (unpaired) electrons. The monoisotopic (exact) mass is 419 g/mol. The molecule has 0 spiro atoms. The number of piperidine rings is 1. The lowest BCUT2D eigenvalue weighted by molar-refractivity contribution is -0.134. The van der Waals surface area contributed by atoms with Crippen LogP contribution >= 0.6 is 0 Å². The van der Waals surface area contributed by atoms with Crippen LogP contribution < -0.4 is 5.32 Å². The Bertz CT molecular complexity index is 1030. The van der Waals surface area contributed by atoms with E-state index in [1.165, 1.54) is 6.07 Å². The van der Waals surface area contributed by atoms with Gasteiger partial charge in [-0.25, -0.2) is 4.39 Å². The van der Waals surface area contributed by atoms with Crippen molar-refractivity contribution in [3.05, 3.63) is 84.4 Å². The van der Waals surface area contributed by atoms with Gasteiger partial charge in [-0.15, -0.1) is 0 Å². The van der Waals surface area contributed by atoms with E-state index < -0.39 is 5.82 Å². The Labute approximate surface area is 181 Å². The molecule has 6 heteroatoms. The number of nitrogens with one attached hydrogen (secondary N) is 1. The van der Waals surface area contributed by atoms with Crippen molar-refractivity contribution in [2.45, 2.75) is 25.7 Å². The van der Waals surface area contributed by atoms with Crippen LogP contribution in [0.1, 0.15) is 24.8 Å². The maximum atomic E-state index is 14.3. The minimum absolute atomic E-state index is 0.119. The summed E-state index contributed by atoms with van der Waals surface area (Å²) >= 11 is 0. The standard InChI is InChI=1S/C25H26FN3O2/c26-22-10-9-21(28-14-4-5-15-28)18-23(22)27-25(31)20-12-16-29(17-13-20)24(30)11-8-19-6-2-1-3-7-19/h1-7,9-10,14-15,18,20H,8,11-13,16-17H2,(H,27,31). The van der Waals surface area contributed by atoms with Crippen LogP contribution in [-0.2, 0) is 16.0 Å². The van der Waals surface area contributed by atoms with E-state index in [0.29, 0.717) is 32.4 Å². The van der Waals surface area contributed by atoms with Gasteiger partial charge in [-0.05, 0) is 55.2 Å². The van der Waals surface area contributed by atoms with Gasteiger partial charge in [0.2, 0.25) is 11.8 Å². The first kappa shape index (κ1) is 20.8. The third-order valence-electron chi connectivity index (χ3n) is 5.80. The van der Waals surface area contributed by atoms with Crippen molar-refractivity contribution in [1.29, 1.82) is 0 Å². The molecule has 160 valence electrons. The number of anilines is 1. The summed E-state index contributed by atoms with van der Waals surface area (Å²) in [6, 6.07) is 18.4. The largest absolute Gasteiger partial charge is 0.343 e. The van der Waals surface area contributed by atoms with E-state index >= 15 is 0 Å². The Balaban J connectivity index is 1.29. The summed E-state index contributed by atoms with van der Waals surface area (Å²) in [4.78, 5) is 27.1. The van der Waals surface area contributed by atoms with Crippen LogP contribution in [0.4, 0.5) is 10.1 Å². The van der Waals surface area contributed by atoms with Gasteiger partial charge in [0.1, 0.15) is 5.82 Å². The van der Waals surface area contributed by atoms with E-state index in [4.69, 9.17) is 0 Å². The molecule has 0 bridgehead atoms. The van der Waals surface area contributed by atoms with Gasteiger partial charge in [-0.3, -0.25) is 9.59 Å². The molecule has 1 aromatic heterocycles. The highest BCUT2D eigenvalue weighted by Gasteiger charge is 2.27. The molecular formula is C25H26FN3O2. The number of nitrogens with zero attached hydrogens (tertiary/aromatic N) is 2. The minimum atomic E-state index is -0.460. The molecule has 2 aromatic carbocycles. The van der Waals surface area contributed by atoms with E-state index in [2.05, 4.69) is 5.32 Å². The Kier molecular flexibility index (Phi) is 6.46. The molecule has 2 amide bonds. The van der Waals surface area contributed by atoms with E-state index in [-0.39, 0.29) is 23.4 Å². The van der Waals surface area contributed by atoms with Gasteiger partial charge in [-0.1, -0.05) is 30.3 Å². The predicted molar refractivity (Wildman–Crippen MR) is 118 cm³/mol. The molecule has 1 N–H and O–H groups in total. The molecule has 0 atom stereocenters. The molecule has 0 aliphatic carbocycles. The smallest absolute Gasteiger partial charge is 0.227 e. The van der Waals surface area contributed by atoms with Gasteiger partial charge < -0.3 is 14.8 Å². The van der Waals surface area contributed by atoms with Crippen molar-refractivity contribution >= 4 is 17.5 Å². The molecule has 4 rings (SSSR count). The second-order valence-electron chi connectivity index (χ2n) is 7.88. The van der Waals surface area contributed by atoms with Crippen molar-refractivity contribution in [2.24, 2.45) is 5.92 Å². The molecule has 1 aliphatic rings. The summed E-state index contributed by atoms with van der Waals surface area (Å²) in [5.41, 5.74) is 2.10. The molecule has 5 nitrogen and oxygen atoms in total. The van der Waals surface area contributed by atoms with E-state index in [1.807, 2.05) is 64.3 Å². The van der Waals surface area contributed by atoms with Gasteiger partial charge in [0.15, 0.2) is 0 Å². The van der Waals surface area contributed by atoms with E-state index in [0.717, 1.165) is 17.7 Å². The number of hydrogen-bond donors (Lipinski definition) is 1. The van der Waals surface area contributed by atoms with Crippen molar-refractivity contribution in [3.8, 4) is 5.69 Å². The van der Waals surface area contributed by atoms with Crippen molar-refractivity contribution < 1.29 is 14.0 Å². The SMILES string of the molecule is O=C(Nc1cc(-n2cccc2)ccc1F)C1CCN(C(=O)CCc2ccccc2)CC1. The first-order valence-corrected chi connectivity index (χ1v) is 10.7. The average Bonchev–Trinajstić information content (AvgIpc) is 3.35. The van der Waals surface area contributed by atoms with E-state index in [1.54, 1.807) is 12.1 Å². The first-order chi connectivity index (χ1) is 15.1. The van der Waals surface area contributed by atoms with Gasteiger partial charge in [0.25, 0.3) is 0 Å². The highest BCUT2D eigenvalue weighted by Crippen LogP contribution is 2.23. The number of halogens is 1. The zero-order chi connectivity index (χ0) is 21.6. The fourth-order valence-electron chi connectivity index (χ4n) is 3.96. The number of benzene rings is 2. The third-order valence-corrected chi connectivity index (χ3v) is 5.80. The number of carbonyl (C=O) groups is 2. The molecule has 0 saturated carbocycles. The van der Waals surface area contributed by atoms with Crippen LogP contribution in [0.2, 0.25) is 0 Å². The fourth-order valence-corrected chi connectivity index (χ4v) is 3.96. The molecule has 1 fully saturated rings. The summed E-state index contributed by atoms with van der Waals surface area (Å²) in [5, 5.41) is 2.74. The maximum absolute atomic E-state index is 14.3. The van der Waals surface area contributed by atoms with Crippen LogP contribution in [-0.4, -0.2) is 34.4 Å². The van der Waals surface area contributed by atoms with Gasteiger partial charge in [0.05, 0.1) is 5.69 Å². The Morgan fingerprint density at radius 1 is 0.968 bits per heavy atom. The highest BCUT2D eigenvalue weighted by molar-refractivity contribution is 5.93. The highest BCUT2D eigenvalue weighted by atomic mass is 19.1. The molecule has 1 saturated heterocycles. The van der Waals surface area contributed by atoms with Gasteiger partial charge in [-0.2, -0.15) is 0 Å². The predicted octanol–water partition coefficient (Wildman–Crippen LogP) is 4.43. The van der Waals surface area contributed by atoms with Crippen molar-refractivity contribution in [1.82, 2.24) is 9.47 Å². The zero-order valence-corrected chi connectivity index (χ0v) is 17.3. The van der Waals surface area contributed by atoms with Crippen molar-refractivity contribution in [2.75, 3.05) is 18.4 Å². The number of amides is 2. The summed E-state index contributed by atoms with van der Waals surface area (Å²) in [5.74, 6) is -0.765. The lowest BCUT2D eigenvalue weighted by atomic mass is 9.95. The fraction of sp³-hybridized carbons (Fsp3) is 0.280. The summed E-state index contributed by atoms with van der Waals surface area (Å²) in [6.07, 6.45) is 6.09. The average molecular weight is 420 g/mol. The van der Waals surface area contributed by atoms with E-state index in [9.17, 15) is 14.0 Å². The second kappa shape index (κ2) is 9.60. The van der Waals surface area contributed by atoms with Gasteiger partial charge in [0, 0.05) is 43.5 Å². The molecule has 1 aliphatic heterocycles. The maximum Gasteiger partial charge on any atom is 0.227 e. The van der Waals surface area contributed by atoms with Gasteiger partial charge >= 0.3 is 0 Å². The second-order valence-corrected chi connectivity index (χ2v) is 7.88. The van der Waals surface area contributed by atoms with Crippen LogP contribution in [0, 0.1) is 11.7 Å². The number of carbonyl (C=O) groups excluding carboxylic acids is 2. The number of rotatable bonds is 6. The summed E-state index contributed by atoms with van der Waals surface area (Å²) in [7, 11) is 0. The summed E-state index contributed by atoms with van der Waals surface area (Å²) < 4.78 is 16.1. The zero-order valence-electron chi connectivity index (χ0n) is 17.3. The Morgan fingerprint density at radius 2 is 1.68 bits per heavy atom. The molecule has 2 heterocycles. The molecule has 0 unspecified atom stereocenters. The quantitative estimate of drug-likeness (QED) is 0.643. The third kappa shape index (κ3) is 5.20. The number of likely N-dealkylation sites (tertiary alicyclic amines) is 1. The minimum Gasteiger partial charge on any atom is -0.343 e. The number of aromatic nitrogens is 1. The van der Waals surface area contributed by atoms with Crippen LogP contribution in [0.5, 0.6) is 0 Å². The lowest BCUT2D eigenvalue weighted by Crippen LogP contribution is -2.41. The Morgan fingerprint density at radius 3 is 2.39 bits per heavy atom. The Hall–Kier alpha value is -3.41. The van der Waals surface area contributed by atoms with Crippen molar-refractivity contribution in [3.63, 3.8) is 0 Å².